The second-order valence-electron chi connectivity index (χ2n) is 4.90. The fourth-order valence-corrected chi connectivity index (χ4v) is 1.98. The molecule has 0 unspecified atom stereocenters. The molecule has 2 rings (SSSR count). The van der Waals surface area contributed by atoms with Crippen LogP contribution in [0.2, 0.25) is 0 Å². The molecule has 1 aromatic rings. The number of nitrogens with zero attached hydrogens (tertiary/aromatic N) is 2. The molecule has 0 atom stereocenters. The zero-order chi connectivity index (χ0) is 14.0. The summed E-state index contributed by atoms with van der Waals surface area (Å²) in [6.45, 7) is 1.94. The van der Waals surface area contributed by atoms with Crippen molar-refractivity contribution in [1.82, 2.24) is 9.80 Å². The Morgan fingerprint density at radius 3 is 2.58 bits per heavy atom. The summed E-state index contributed by atoms with van der Waals surface area (Å²) in [6, 6.07) is 3.46. The molecular weight excluding hydrogens is 248 g/mol. The Morgan fingerprint density at radius 2 is 2.11 bits per heavy atom. The molecule has 1 aliphatic rings. The molecule has 19 heavy (non-hydrogen) atoms. The van der Waals surface area contributed by atoms with Gasteiger partial charge >= 0.3 is 12.0 Å². The summed E-state index contributed by atoms with van der Waals surface area (Å²) in [5.74, 6) is 0.502. The number of urea groups is 1. The highest BCUT2D eigenvalue weighted by Gasteiger charge is 2.35. The van der Waals surface area contributed by atoms with Crippen LogP contribution in [0.3, 0.4) is 0 Å². The van der Waals surface area contributed by atoms with E-state index in [0.29, 0.717) is 12.3 Å². The fraction of sp³-hybridized carbons (Fsp3) is 0.538. The molecule has 1 fully saturated rings. The lowest BCUT2D eigenvalue weighted by Gasteiger charge is -2.26. The molecule has 1 aliphatic carbocycles. The maximum Gasteiger partial charge on any atom is 0.323 e. The number of carboxylic acids is 1. The van der Waals surface area contributed by atoms with Gasteiger partial charge < -0.3 is 19.3 Å². The first-order chi connectivity index (χ1) is 8.97. The van der Waals surface area contributed by atoms with Crippen LogP contribution in [0.25, 0.3) is 0 Å². The molecular formula is C13H18N2O4. The number of hydrogen-bond acceptors (Lipinski definition) is 3. The van der Waals surface area contributed by atoms with Crippen LogP contribution in [0.1, 0.15) is 24.4 Å². The minimum atomic E-state index is -0.984. The van der Waals surface area contributed by atoms with E-state index in [1.807, 2.05) is 19.1 Å². The molecule has 0 aromatic carbocycles. The zero-order valence-corrected chi connectivity index (χ0v) is 11.1. The molecule has 104 valence electrons. The highest BCUT2D eigenvalue weighted by Crippen LogP contribution is 2.27. The lowest BCUT2D eigenvalue weighted by molar-refractivity contribution is -0.137. The predicted molar refractivity (Wildman–Crippen MR) is 67.7 cm³/mol. The summed E-state index contributed by atoms with van der Waals surface area (Å²) in [5, 5.41) is 8.85. The van der Waals surface area contributed by atoms with Gasteiger partial charge in [0.05, 0.1) is 6.54 Å². The van der Waals surface area contributed by atoms with Crippen molar-refractivity contribution in [3.63, 3.8) is 0 Å². The van der Waals surface area contributed by atoms with Gasteiger partial charge in [0.2, 0.25) is 0 Å². The molecule has 0 radical (unpaired) electrons. The zero-order valence-electron chi connectivity index (χ0n) is 11.1. The van der Waals surface area contributed by atoms with Crippen LogP contribution >= 0.6 is 0 Å². The molecule has 0 bridgehead atoms. The van der Waals surface area contributed by atoms with Crippen LogP contribution in [0.5, 0.6) is 0 Å². The van der Waals surface area contributed by atoms with E-state index in [4.69, 9.17) is 9.52 Å². The molecule has 1 aromatic heterocycles. The molecule has 6 heteroatoms. The van der Waals surface area contributed by atoms with E-state index in [0.717, 1.165) is 18.6 Å². The number of carboxylic acid groups (broad SMARTS) is 1. The van der Waals surface area contributed by atoms with Crippen molar-refractivity contribution in [2.24, 2.45) is 0 Å². The van der Waals surface area contributed by atoms with E-state index < -0.39 is 5.97 Å². The number of amides is 2. The lowest BCUT2D eigenvalue weighted by atomic mass is 10.4. The summed E-state index contributed by atoms with van der Waals surface area (Å²) in [5.41, 5.74) is 0. The van der Waals surface area contributed by atoms with Crippen LogP contribution in [0.15, 0.2) is 16.5 Å². The number of carbonyl (C=O) groups excluding carboxylic acids is 1. The van der Waals surface area contributed by atoms with Gasteiger partial charge in [-0.05, 0) is 31.9 Å². The van der Waals surface area contributed by atoms with Crippen LogP contribution in [-0.4, -0.2) is 46.5 Å². The fourth-order valence-electron chi connectivity index (χ4n) is 1.98. The van der Waals surface area contributed by atoms with Gasteiger partial charge in [0.25, 0.3) is 0 Å². The van der Waals surface area contributed by atoms with Crippen molar-refractivity contribution in [2.75, 3.05) is 13.6 Å². The van der Waals surface area contributed by atoms with E-state index in [1.165, 1.54) is 9.80 Å². The molecule has 0 aliphatic heterocycles. The Balaban J connectivity index is 1.98. The topological polar surface area (TPSA) is 74.0 Å². The summed E-state index contributed by atoms with van der Waals surface area (Å²) in [6.07, 6.45) is 1.76. The van der Waals surface area contributed by atoms with E-state index in [2.05, 4.69) is 0 Å². The minimum Gasteiger partial charge on any atom is -0.480 e. The maximum absolute atomic E-state index is 12.2. The molecule has 1 saturated carbocycles. The van der Waals surface area contributed by atoms with Gasteiger partial charge in [-0.2, -0.15) is 0 Å². The van der Waals surface area contributed by atoms with Crippen molar-refractivity contribution >= 4 is 12.0 Å². The largest absolute Gasteiger partial charge is 0.480 e. The van der Waals surface area contributed by atoms with Gasteiger partial charge in [0, 0.05) is 13.1 Å². The normalized spacial score (nSPS) is 14.2. The number of aryl methyl sites for hydroxylation is 1. The van der Waals surface area contributed by atoms with Crippen molar-refractivity contribution in [2.45, 2.75) is 32.4 Å². The Bertz CT molecular complexity index is 479. The van der Waals surface area contributed by atoms with E-state index in [-0.39, 0.29) is 18.6 Å². The van der Waals surface area contributed by atoms with Gasteiger partial charge in [-0.3, -0.25) is 4.79 Å². The highest BCUT2D eigenvalue weighted by atomic mass is 16.4. The number of carbonyl (C=O) groups is 2. The predicted octanol–water partition coefficient (Wildman–Crippen LogP) is 1.69. The molecule has 0 saturated heterocycles. The molecule has 0 spiro atoms. The maximum atomic E-state index is 12.2. The third kappa shape index (κ3) is 3.49. The van der Waals surface area contributed by atoms with Gasteiger partial charge in [0.1, 0.15) is 18.1 Å². The van der Waals surface area contributed by atoms with Gasteiger partial charge in [-0.1, -0.05) is 0 Å². The molecule has 1 heterocycles. The summed E-state index contributed by atoms with van der Waals surface area (Å²) in [7, 11) is 1.65. The molecule has 1 N–H and O–H groups in total. The van der Waals surface area contributed by atoms with Gasteiger partial charge in [-0.15, -0.1) is 0 Å². The second kappa shape index (κ2) is 5.34. The monoisotopic (exact) mass is 266 g/mol. The van der Waals surface area contributed by atoms with Crippen molar-refractivity contribution in [3.8, 4) is 0 Å². The van der Waals surface area contributed by atoms with Crippen LogP contribution in [0, 0.1) is 6.92 Å². The number of aliphatic carboxylic acids is 1. The first-order valence-electron chi connectivity index (χ1n) is 6.26. The van der Waals surface area contributed by atoms with Crippen LogP contribution < -0.4 is 0 Å². The van der Waals surface area contributed by atoms with Crippen molar-refractivity contribution < 1.29 is 19.1 Å². The number of rotatable bonds is 5. The number of furan rings is 1. The Hall–Kier alpha value is -1.98. The average Bonchev–Trinajstić information content (AvgIpc) is 3.09. The van der Waals surface area contributed by atoms with Crippen LogP contribution in [-0.2, 0) is 11.3 Å². The van der Waals surface area contributed by atoms with Crippen molar-refractivity contribution in [1.29, 1.82) is 0 Å². The standard InChI is InChI=1S/C13H18N2O4/c1-9-3-6-11(19-9)7-14(2)13(18)15(8-12(16)17)10-4-5-10/h3,6,10H,4-5,7-8H2,1-2H3,(H,16,17). The SMILES string of the molecule is Cc1ccc(CN(C)C(=O)N(CC(=O)O)C2CC2)o1. The van der Waals surface area contributed by atoms with Gasteiger partial charge in [-0.25, -0.2) is 4.79 Å². The quantitative estimate of drug-likeness (QED) is 0.880. The molecule has 2 amide bonds. The van der Waals surface area contributed by atoms with Gasteiger partial charge in [0.15, 0.2) is 0 Å². The van der Waals surface area contributed by atoms with E-state index in [9.17, 15) is 9.59 Å². The molecule has 6 nitrogen and oxygen atoms in total. The summed E-state index contributed by atoms with van der Waals surface area (Å²) < 4.78 is 5.41. The Labute approximate surface area is 111 Å². The van der Waals surface area contributed by atoms with E-state index in [1.54, 1.807) is 7.05 Å². The first-order valence-corrected chi connectivity index (χ1v) is 6.26. The number of hydrogen-bond donors (Lipinski definition) is 1. The summed E-state index contributed by atoms with van der Waals surface area (Å²) in [4.78, 5) is 25.9. The highest BCUT2D eigenvalue weighted by molar-refractivity contribution is 5.80. The third-order valence-corrected chi connectivity index (χ3v) is 3.05. The van der Waals surface area contributed by atoms with Crippen LogP contribution in [0.4, 0.5) is 4.79 Å². The second-order valence-corrected chi connectivity index (χ2v) is 4.90. The minimum absolute atomic E-state index is 0.0735. The van der Waals surface area contributed by atoms with Crippen molar-refractivity contribution in [3.05, 3.63) is 23.7 Å². The first kappa shape index (κ1) is 13.5. The average molecular weight is 266 g/mol. The lowest BCUT2D eigenvalue weighted by Crippen LogP contribution is -2.44. The Kier molecular flexibility index (Phi) is 3.78. The summed E-state index contributed by atoms with van der Waals surface area (Å²) >= 11 is 0. The van der Waals surface area contributed by atoms with E-state index >= 15 is 0 Å². The third-order valence-electron chi connectivity index (χ3n) is 3.05. The Morgan fingerprint density at radius 1 is 1.42 bits per heavy atom. The smallest absolute Gasteiger partial charge is 0.323 e.